The van der Waals surface area contributed by atoms with E-state index in [9.17, 15) is 19.2 Å². The highest BCUT2D eigenvalue weighted by Gasteiger charge is 2.30. The van der Waals surface area contributed by atoms with Crippen LogP contribution in [-0.4, -0.2) is 38.9 Å². The summed E-state index contributed by atoms with van der Waals surface area (Å²) in [5.74, 6) is -1.11. The van der Waals surface area contributed by atoms with E-state index in [1.165, 1.54) is 4.68 Å². The summed E-state index contributed by atoms with van der Waals surface area (Å²) < 4.78 is 1.22. The molecule has 1 N–H and O–H groups in total. The molecule has 1 aromatic heterocycles. The van der Waals surface area contributed by atoms with E-state index in [0.29, 0.717) is 16.5 Å². The molecule has 3 rings (SSSR count). The summed E-state index contributed by atoms with van der Waals surface area (Å²) >= 11 is 0. The first-order valence-corrected chi connectivity index (χ1v) is 7.52. The number of fused-ring (bicyclic) bond motifs is 1. The monoisotopic (exact) mass is 328 g/mol. The van der Waals surface area contributed by atoms with Crippen molar-refractivity contribution in [3.8, 4) is 0 Å². The lowest BCUT2D eigenvalue weighted by atomic mass is 10.1. The fourth-order valence-electron chi connectivity index (χ4n) is 2.69. The summed E-state index contributed by atoms with van der Waals surface area (Å²) in [6, 6.07) is 7.01. The van der Waals surface area contributed by atoms with Gasteiger partial charge in [0.05, 0.1) is 17.6 Å². The van der Waals surface area contributed by atoms with Crippen molar-refractivity contribution in [2.45, 2.75) is 19.4 Å². The highest BCUT2D eigenvalue weighted by Crippen LogP contribution is 2.13. The molecule has 8 nitrogen and oxygen atoms in total. The molecule has 2 aromatic rings. The maximum absolute atomic E-state index is 12.1. The maximum Gasteiger partial charge on any atom is 0.274 e. The van der Waals surface area contributed by atoms with E-state index in [4.69, 9.17) is 0 Å². The van der Waals surface area contributed by atoms with Gasteiger partial charge < -0.3 is 5.32 Å². The Morgan fingerprint density at radius 2 is 1.75 bits per heavy atom. The third-order valence-corrected chi connectivity index (χ3v) is 3.94. The fourth-order valence-corrected chi connectivity index (χ4v) is 2.69. The highest BCUT2D eigenvalue weighted by molar-refractivity contribution is 6.04. The lowest BCUT2D eigenvalue weighted by Crippen LogP contribution is -2.40. The van der Waals surface area contributed by atoms with Crippen LogP contribution in [0.5, 0.6) is 0 Å². The molecule has 0 unspecified atom stereocenters. The average molecular weight is 328 g/mol. The Morgan fingerprint density at radius 1 is 1.12 bits per heavy atom. The molecule has 0 aliphatic carbocycles. The molecule has 0 saturated carbocycles. The summed E-state index contributed by atoms with van der Waals surface area (Å²) in [6.45, 7) is -0.189. The number of carbonyl (C=O) groups excluding carboxylic acids is 3. The second-order valence-corrected chi connectivity index (χ2v) is 5.57. The molecule has 3 amide bonds. The van der Waals surface area contributed by atoms with Crippen LogP contribution in [0.1, 0.15) is 18.5 Å². The summed E-state index contributed by atoms with van der Waals surface area (Å²) in [6.07, 6.45) is 0.304. The second-order valence-electron chi connectivity index (χ2n) is 5.57. The van der Waals surface area contributed by atoms with E-state index in [-0.39, 0.29) is 43.3 Å². The van der Waals surface area contributed by atoms with Crippen LogP contribution >= 0.6 is 0 Å². The SMILES string of the molecule is Cn1nc(CNC(=O)CN2C(=O)CCC2=O)c2ccccc2c1=O. The first-order valence-electron chi connectivity index (χ1n) is 7.52. The standard InChI is InChI=1S/C16H16N4O4/c1-19-16(24)11-5-3-2-4-10(11)12(18-19)8-17-13(21)9-20-14(22)6-7-15(20)23/h2-5H,6-9H2,1H3,(H,17,21). The number of benzene rings is 1. The van der Waals surface area contributed by atoms with Crippen LogP contribution < -0.4 is 10.9 Å². The van der Waals surface area contributed by atoms with Crippen molar-refractivity contribution in [1.29, 1.82) is 0 Å². The predicted molar refractivity (Wildman–Crippen MR) is 84.8 cm³/mol. The Bertz CT molecular complexity index is 887. The van der Waals surface area contributed by atoms with Crippen molar-refractivity contribution in [2.75, 3.05) is 6.54 Å². The van der Waals surface area contributed by atoms with Crippen LogP contribution in [0.3, 0.4) is 0 Å². The largest absolute Gasteiger partial charge is 0.349 e. The van der Waals surface area contributed by atoms with E-state index in [2.05, 4.69) is 10.4 Å². The Hall–Kier alpha value is -3.03. The zero-order valence-corrected chi connectivity index (χ0v) is 13.1. The van der Waals surface area contributed by atoms with Gasteiger partial charge >= 0.3 is 0 Å². The van der Waals surface area contributed by atoms with Crippen molar-refractivity contribution in [2.24, 2.45) is 7.05 Å². The second kappa shape index (κ2) is 6.23. The minimum absolute atomic E-state index is 0.101. The molecular weight excluding hydrogens is 312 g/mol. The third-order valence-electron chi connectivity index (χ3n) is 3.94. The molecule has 1 saturated heterocycles. The zero-order chi connectivity index (χ0) is 17.3. The van der Waals surface area contributed by atoms with Gasteiger partial charge in [0, 0.05) is 25.3 Å². The molecule has 0 bridgehead atoms. The summed E-state index contributed by atoms with van der Waals surface area (Å²) in [7, 11) is 1.54. The number of aryl methyl sites for hydroxylation is 1. The molecule has 0 spiro atoms. The van der Waals surface area contributed by atoms with E-state index in [0.717, 1.165) is 4.90 Å². The van der Waals surface area contributed by atoms with Crippen molar-refractivity contribution < 1.29 is 14.4 Å². The Balaban J connectivity index is 1.75. The molecule has 24 heavy (non-hydrogen) atoms. The summed E-state index contributed by atoms with van der Waals surface area (Å²) in [5.41, 5.74) is 0.328. The van der Waals surface area contributed by atoms with Crippen LogP contribution in [0.15, 0.2) is 29.1 Å². The molecule has 2 heterocycles. The quantitative estimate of drug-likeness (QED) is 0.777. The van der Waals surface area contributed by atoms with Gasteiger partial charge in [0.1, 0.15) is 6.54 Å². The molecule has 1 fully saturated rings. The molecule has 8 heteroatoms. The topological polar surface area (TPSA) is 101 Å². The van der Waals surface area contributed by atoms with Crippen LogP contribution in [-0.2, 0) is 28.0 Å². The molecule has 0 radical (unpaired) electrons. The number of aromatic nitrogens is 2. The van der Waals surface area contributed by atoms with Crippen LogP contribution in [0, 0.1) is 0 Å². The number of rotatable bonds is 4. The lowest BCUT2D eigenvalue weighted by Gasteiger charge is -2.14. The van der Waals surface area contributed by atoms with Gasteiger partial charge in [-0.2, -0.15) is 5.10 Å². The van der Waals surface area contributed by atoms with Crippen LogP contribution in [0.25, 0.3) is 10.8 Å². The van der Waals surface area contributed by atoms with Crippen LogP contribution in [0.4, 0.5) is 0 Å². The summed E-state index contributed by atoms with van der Waals surface area (Å²) in [4.78, 5) is 48.1. The van der Waals surface area contributed by atoms with Gasteiger partial charge in [0.25, 0.3) is 5.56 Å². The van der Waals surface area contributed by atoms with Gasteiger partial charge in [-0.25, -0.2) is 4.68 Å². The smallest absolute Gasteiger partial charge is 0.274 e. The van der Waals surface area contributed by atoms with Crippen molar-refractivity contribution >= 4 is 28.5 Å². The minimum Gasteiger partial charge on any atom is -0.349 e. The van der Waals surface area contributed by atoms with Crippen molar-refractivity contribution in [3.63, 3.8) is 0 Å². The summed E-state index contributed by atoms with van der Waals surface area (Å²) in [5, 5.41) is 8.00. The molecule has 1 aliphatic heterocycles. The van der Waals surface area contributed by atoms with Crippen LogP contribution in [0.2, 0.25) is 0 Å². The van der Waals surface area contributed by atoms with Crippen molar-refractivity contribution in [1.82, 2.24) is 20.0 Å². The number of likely N-dealkylation sites (tertiary alicyclic amines) is 1. The fraction of sp³-hybridized carbons (Fsp3) is 0.312. The zero-order valence-electron chi connectivity index (χ0n) is 13.1. The van der Waals surface area contributed by atoms with Gasteiger partial charge in [0.2, 0.25) is 17.7 Å². The maximum atomic E-state index is 12.1. The number of hydrogen-bond donors (Lipinski definition) is 1. The molecular formula is C16H16N4O4. The van der Waals surface area contributed by atoms with Gasteiger partial charge in [-0.05, 0) is 6.07 Å². The highest BCUT2D eigenvalue weighted by atomic mass is 16.2. The number of nitrogens with one attached hydrogen (secondary N) is 1. The lowest BCUT2D eigenvalue weighted by molar-refractivity contribution is -0.142. The van der Waals surface area contributed by atoms with E-state index in [1.807, 2.05) is 0 Å². The van der Waals surface area contributed by atoms with E-state index < -0.39 is 5.91 Å². The van der Waals surface area contributed by atoms with Gasteiger partial charge in [-0.3, -0.25) is 24.1 Å². The third kappa shape index (κ3) is 2.90. The van der Waals surface area contributed by atoms with E-state index in [1.54, 1.807) is 31.3 Å². The number of hydrogen-bond acceptors (Lipinski definition) is 5. The van der Waals surface area contributed by atoms with E-state index >= 15 is 0 Å². The minimum atomic E-state index is -0.446. The van der Waals surface area contributed by atoms with Gasteiger partial charge in [-0.1, -0.05) is 18.2 Å². The Labute approximate surface area is 137 Å². The molecule has 1 aromatic carbocycles. The molecule has 0 atom stereocenters. The van der Waals surface area contributed by atoms with Gasteiger partial charge in [-0.15, -0.1) is 0 Å². The number of nitrogens with zero attached hydrogens (tertiary/aromatic N) is 3. The first kappa shape index (κ1) is 15.9. The first-order chi connectivity index (χ1) is 11.5. The van der Waals surface area contributed by atoms with Crippen molar-refractivity contribution in [3.05, 3.63) is 40.3 Å². The molecule has 124 valence electrons. The Kier molecular flexibility index (Phi) is 4.11. The number of amides is 3. The Morgan fingerprint density at radius 3 is 2.42 bits per heavy atom. The average Bonchev–Trinajstić information content (AvgIpc) is 2.89. The molecule has 1 aliphatic rings. The normalized spacial score (nSPS) is 14.5. The van der Waals surface area contributed by atoms with Gasteiger partial charge in [0.15, 0.2) is 0 Å². The predicted octanol–water partition coefficient (Wildman–Crippen LogP) is -0.301. The number of imide groups is 1. The number of carbonyl (C=O) groups is 3.